The molecule has 0 unspecified atom stereocenters. The molecule has 0 fully saturated rings. The van der Waals surface area contributed by atoms with E-state index in [1.807, 2.05) is 0 Å². The van der Waals surface area contributed by atoms with Crippen molar-refractivity contribution in [3.05, 3.63) is 12.7 Å². The molecule has 10 heteroatoms. The Bertz CT molecular complexity index is 338. The normalized spacial score (nSPS) is 11.3. The fourth-order valence-corrected chi connectivity index (χ4v) is 2.09. The van der Waals surface area contributed by atoms with Gasteiger partial charge in [-0.2, -0.15) is 0 Å². The van der Waals surface area contributed by atoms with Crippen LogP contribution in [0.3, 0.4) is 0 Å². The lowest BCUT2D eigenvalue weighted by Gasteiger charge is -2.08. The molecule has 0 bridgehead atoms. The molecular formula is C21H41ClO9. The maximum atomic E-state index is 5.49. The van der Waals surface area contributed by atoms with Gasteiger partial charge in [-0.3, -0.25) is 0 Å². The van der Waals surface area contributed by atoms with E-state index in [9.17, 15) is 0 Å². The molecule has 0 spiro atoms. The van der Waals surface area contributed by atoms with Crippen LogP contribution in [0.15, 0.2) is 12.7 Å². The molecule has 0 saturated carbocycles. The second-order valence-corrected chi connectivity index (χ2v) is 6.33. The fraction of sp³-hybridized carbons (Fsp3) is 0.905. The highest BCUT2D eigenvalue weighted by atomic mass is 35.5. The summed E-state index contributed by atoms with van der Waals surface area (Å²) in [7, 11) is 0. The molecule has 0 amide bonds. The van der Waals surface area contributed by atoms with Gasteiger partial charge in [0.05, 0.1) is 119 Å². The minimum Gasteiger partial charge on any atom is -0.378 e. The van der Waals surface area contributed by atoms with Crippen LogP contribution in [-0.4, -0.2) is 125 Å². The predicted octanol–water partition coefficient (Wildman–Crippen LogP) is 1.56. The van der Waals surface area contributed by atoms with Gasteiger partial charge in [0.2, 0.25) is 0 Å². The summed E-state index contributed by atoms with van der Waals surface area (Å²) in [5.74, 6) is 0.503. The van der Waals surface area contributed by atoms with Crippen LogP contribution in [0, 0.1) is 0 Å². The average Bonchev–Trinajstić information content (AvgIpc) is 2.78. The van der Waals surface area contributed by atoms with Gasteiger partial charge in [-0.15, -0.1) is 18.2 Å². The van der Waals surface area contributed by atoms with Gasteiger partial charge in [0.1, 0.15) is 0 Å². The number of ether oxygens (including phenoxy) is 9. The van der Waals surface area contributed by atoms with Crippen LogP contribution >= 0.6 is 11.6 Å². The van der Waals surface area contributed by atoms with Gasteiger partial charge < -0.3 is 42.6 Å². The summed E-state index contributed by atoms with van der Waals surface area (Å²) < 4.78 is 48.1. The van der Waals surface area contributed by atoms with Crippen LogP contribution in [-0.2, 0) is 42.6 Å². The van der Waals surface area contributed by atoms with E-state index in [0.717, 1.165) is 0 Å². The molecule has 0 aliphatic rings. The van der Waals surface area contributed by atoms with Gasteiger partial charge in [-0.1, -0.05) is 6.08 Å². The summed E-state index contributed by atoms with van der Waals surface area (Å²) in [6, 6.07) is 0. The molecule has 0 aliphatic heterocycles. The quantitative estimate of drug-likeness (QED) is 0.0956. The maximum absolute atomic E-state index is 5.49. The SMILES string of the molecule is C=CCOCCOCCOCCOCCOCCOCCOCCOCCOCCCl. The van der Waals surface area contributed by atoms with Crippen molar-refractivity contribution >= 4 is 11.6 Å². The molecular weight excluding hydrogens is 432 g/mol. The van der Waals surface area contributed by atoms with Crippen molar-refractivity contribution in [2.75, 3.05) is 125 Å². The monoisotopic (exact) mass is 472 g/mol. The van der Waals surface area contributed by atoms with Crippen molar-refractivity contribution in [1.82, 2.24) is 0 Å². The van der Waals surface area contributed by atoms with E-state index >= 15 is 0 Å². The van der Waals surface area contributed by atoms with E-state index in [1.54, 1.807) is 6.08 Å². The largest absolute Gasteiger partial charge is 0.378 e. The Morgan fingerprint density at radius 3 is 0.839 bits per heavy atom. The second-order valence-electron chi connectivity index (χ2n) is 5.95. The minimum atomic E-state index is 0.503. The number of halogens is 1. The molecule has 0 heterocycles. The molecule has 0 aromatic rings. The Balaban J connectivity index is 2.98. The third-order valence-corrected chi connectivity index (χ3v) is 3.59. The highest BCUT2D eigenvalue weighted by Gasteiger charge is 1.95. The van der Waals surface area contributed by atoms with E-state index < -0.39 is 0 Å². The molecule has 0 aromatic carbocycles. The lowest BCUT2D eigenvalue weighted by molar-refractivity contribution is -0.0244. The molecule has 0 saturated heterocycles. The molecule has 0 N–H and O–H groups in total. The van der Waals surface area contributed by atoms with Crippen LogP contribution in [0.5, 0.6) is 0 Å². The first-order valence-corrected chi connectivity index (χ1v) is 11.3. The Labute approximate surface area is 192 Å². The summed E-state index contributed by atoms with van der Waals surface area (Å²) in [5, 5.41) is 0. The molecule has 0 radical (unpaired) electrons. The van der Waals surface area contributed by atoms with Crippen molar-refractivity contribution in [3.63, 3.8) is 0 Å². The van der Waals surface area contributed by atoms with Crippen molar-refractivity contribution in [1.29, 1.82) is 0 Å². The molecule has 0 aromatic heterocycles. The molecule has 0 rings (SSSR count). The molecule has 0 aliphatic carbocycles. The first-order valence-electron chi connectivity index (χ1n) is 10.8. The maximum Gasteiger partial charge on any atom is 0.0704 e. The molecule has 9 nitrogen and oxygen atoms in total. The zero-order valence-electron chi connectivity index (χ0n) is 18.8. The number of hydrogen-bond acceptors (Lipinski definition) is 9. The van der Waals surface area contributed by atoms with Gasteiger partial charge in [-0.25, -0.2) is 0 Å². The standard InChI is InChI=1S/C21H41ClO9/c1-2-4-23-6-8-25-10-12-27-14-16-29-18-20-31-21-19-30-17-15-28-13-11-26-9-7-24-5-3-22/h2H,1,3-21H2. The average molecular weight is 473 g/mol. The van der Waals surface area contributed by atoms with Gasteiger partial charge in [0.15, 0.2) is 0 Å². The first-order chi connectivity index (χ1) is 15.4. The second kappa shape index (κ2) is 29.7. The van der Waals surface area contributed by atoms with Gasteiger partial charge in [0.25, 0.3) is 0 Å². The summed E-state index contributed by atoms with van der Waals surface area (Å²) in [4.78, 5) is 0. The Hall–Kier alpha value is -0.330. The zero-order chi connectivity index (χ0) is 22.5. The number of alkyl halides is 1. The molecule has 186 valence electrons. The summed E-state index contributed by atoms with van der Waals surface area (Å²) in [6.07, 6.45) is 1.71. The lowest BCUT2D eigenvalue weighted by atomic mass is 10.6. The topological polar surface area (TPSA) is 83.1 Å². The fourth-order valence-electron chi connectivity index (χ4n) is 1.98. The smallest absolute Gasteiger partial charge is 0.0704 e. The van der Waals surface area contributed by atoms with Crippen molar-refractivity contribution < 1.29 is 42.6 Å². The van der Waals surface area contributed by atoms with E-state index in [-0.39, 0.29) is 0 Å². The van der Waals surface area contributed by atoms with Gasteiger partial charge in [-0.05, 0) is 0 Å². The highest BCUT2D eigenvalue weighted by molar-refractivity contribution is 6.17. The lowest BCUT2D eigenvalue weighted by Crippen LogP contribution is -2.15. The van der Waals surface area contributed by atoms with E-state index in [2.05, 4.69) is 6.58 Å². The third-order valence-electron chi connectivity index (χ3n) is 3.43. The third kappa shape index (κ3) is 29.7. The van der Waals surface area contributed by atoms with Crippen molar-refractivity contribution in [3.8, 4) is 0 Å². The Morgan fingerprint density at radius 2 is 0.613 bits per heavy atom. The van der Waals surface area contributed by atoms with Crippen molar-refractivity contribution in [2.24, 2.45) is 0 Å². The van der Waals surface area contributed by atoms with Crippen LogP contribution in [0.1, 0.15) is 0 Å². The Morgan fingerprint density at radius 1 is 0.387 bits per heavy atom. The summed E-state index contributed by atoms with van der Waals surface area (Å²) in [6.45, 7) is 13.3. The number of rotatable bonds is 28. The summed E-state index contributed by atoms with van der Waals surface area (Å²) in [5.41, 5.74) is 0. The Kier molecular flexibility index (Phi) is 29.4. The predicted molar refractivity (Wildman–Crippen MR) is 118 cm³/mol. The van der Waals surface area contributed by atoms with Gasteiger partial charge in [0, 0.05) is 5.88 Å². The van der Waals surface area contributed by atoms with Crippen LogP contribution in [0.4, 0.5) is 0 Å². The van der Waals surface area contributed by atoms with E-state index in [4.69, 9.17) is 54.2 Å². The van der Waals surface area contributed by atoms with Gasteiger partial charge >= 0.3 is 0 Å². The van der Waals surface area contributed by atoms with Crippen LogP contribution < -0.4 is 0 Å². The summed E-state index contributed by atoms with van der Waals surface area (Å²) >= 11 is 5.49. The zero-order valence-corrected chi connectivity index (χ0v) is 19.5. The molecule has 0 atom stereocenters. The van der Waals surface area contributed by atoms with Crippen molar-refractivity contribution in [2.45, 2.75) is 0 Å². The van der Waals surface area contributed by atoms with E-state index in [1.165, 1.54) is 0 Å². The van der Waals surface area contributed by atoms with Crippen LogP contribution in [0.2, 0.25) is 0 Å². The molecule has 31 heavy (non-hydrogen) atoms. The first kappa shape index (κ1) is 30.7. The highest BCUT2D eigenvalue weighted by Crippen LogP contribution is 1.86. The number of hydrogen-bond donors (Lipinski definition) is 0. The minimum absolute atomic E-state index is 0.503. The van der Waals surface area contributed by atoms with E-state index in [0.29, 0.717) is 125 Å². The van der Waals surface area contributed by atoms with Crippen LogP contribution in [0.25, 0.3) is 0 Å².